The molecular weight excluding hydrogens is 468 g/mol. The van der Waals surface area contributed by atoms with E-state index in [9.17, 15) is 26.3 Å². The van der Waals surface area contributed by atoms with Crippen LogP contribution in [0.25, 0.3) is 11.4 Å². The second kappa shape index (κ2) is 10.3. The van der Waals surface area contributed by atoms with Crippen molar-refractivity contribution in [2.75, 3.05) is 18.0 Å². The second-order valence-corrected chi connectivity index (χ2v) is 9.15. The number of anilines is 1. The zero-order valence-electron chi connectivity index (χ0n) is 19.9. The average molecular weight is 498 g/mol. The van der Waals surface area contributed by atoms with Crippen LogP contribution in [0, 0.1) is 42.1 Å². The third-order valence-corrected chi connectivity index (χ3v) is 6.52. The van der Waals surface area contributed by atoms with Crippen LogP contribution in [-0.2, 0) is 0 Å². The number of piperidine rings is 1. The van der Waals surface area contributed by atoms with Gasteiger partial charge < -0.3 is 10.2 Å². The zero-order valence-corrected chi connectivity index (χ0v) is 19.9. The molecule has 1 N–H and O–H groups in total. The Balaban J connectivity index is 0.000000429. The molecule has 1 aliphatic heterocycles. The molecule has 1 saturated carbocycles. The van der Waals surface area contributed by atoms with Crippen LogP contribution < -0.4 is 10.2 Å². The topological polar surface area (TPSA) is 28.2 Å². The van der Waals surface area contributed by atoms with Gasteiger partial charge in [0.1, 0.15) is 0 Å². The molecule has 3 nitrogen and oxygen atoms in total. The summed E-state index contributed by atoms with van der Waals surface area (Å²) in [5.41, 5.74) is 2.16. The molecule has 1 aliphatic carbocycles. The van der Waals surface area contributed by atoms with Gasteiger partial charge >= 0.3 is 6.18 Å². The third-order valence-electron chi connectivity index (χ3n) is 6.52. The lowest BCUT2D eigenvalue weighted by atomic mass is 10.1. The number of benzene rings is 1. The lowest BCUT2D eigenvalue weighted by molar-refractivity contribution is -0.134. The minimum Gasteiger partial charge on any atom is -0.355 e. The van der Waals surface area contributed by atoms with E-state index in [1.54, 1.807) is 13.1 Å². The lowest BCUT2D eigenvalue weighted by Crippen LogP contribution is -2.25. The summed E-state index contributed by atoms with van der Waals surface area (Å²) < 4.78 is 74.7. The summed E-state index contributed by atoms with van der Waals surface area (Å²) in [6, 6.07) is 3.57. The Morgan fingerprint density at radius 3 is 2.14 bits per heavy atom. The quantitative estimate of drug-likeness (QED) is 0.432. The highest BCUT2D eigenvalue weighted by Gasteiger charge is 2.53. The van der Waals surface area contributed by atoms with E-state index in [0.29, 0.717) is 45.7 Å². The summed E-state index contributed by atoms with van der Waals surface area (Å²) in [6.45, 7) is 14.9. The van der Waals surface area contributed by atoms with E-state index < -0.39 is 30.0 Å². The Labute approximate surface area is 201 Å². The van der Waals surface area contributed by atoms with Gasteiger partial charge in [0.05, 0.1) is 0 Å². The lowest BCUT2D eigenvalue weighted by Gasteiger charge is -2.21. The number of rotatable bonds is 6. The molecule has 1 saturated heterocycles. The molecule has 0 spiro atoms. The third kappa shape index (κ3) is 6.38. The number of halogens is 6. The van der Waals surface area contributed by atoms with Gasteiger partial charge in [-0.2, -0.15) is 13.2 Å². The first-order chi connectivity index (χ1) is 16.3. The Morgan fingerprint density at radius 2 is 1.63 bits per heavy atom. The Hall–Kier alpha value is -2.97. The summed E-state index contributed by atoms with van der Waals surface area (Å²) >= 11 is 0. The molecule has 2 fully saturated rings. The van der Waals surface area contributed by atoms with Crippen LogP contribution >= 0.6 is 0 Å². The minimum atomic E-state index is -3.95. The van der Waals surface area contributed by atoms with Gasteiger partial charge in [0.15, 0.2) is 23.3 Å². The SMILES string of the molecule is C=C(NC(=C)c1cc(F)c(F)cc1C)c1cnc(N2CC3C(C)C3C2)c(F)c1.CCCC(F)(F)F. The fourth-order valence-corrected chi connectivity index (χ4v) is 4.40. The van der Waals surface area contributed by atoms with Crippen molar-refractivity contribution in [1.29, 1.82) is 0 Å². The molecule has 0 amide bonds. The molecule has 1 aromatic carbocycles. The Morgan fingerprint density at radius 1 is 1.03 bits per heavy atom. The van der Waals surface area contributed by atoms with Crippen LogP contribution in [0.5, 0.6) is 0 Å². The predicted molar refractivity (Wildman–Crippen MR) is 126 cm³/mol. The Kier molecular flexibility index (Phi) is 7.87. The van der Waals surface area contributed by atoms with Crippen LogP contribution in [0.4, 0.5) is 32.2 Å². The maximum absolute atomic E-state index is 14.6. The highest BCUT2D eigenvalue weighted by atomic mass is 19.4. The molecule has 2 heterocycles. The molecule has 9 heteroatoms. The van der Waals surface area contributed by atoms with Crippen molar-refractivity contribution in [2.24, 2.45) is 17.8 Å². The summed E-state index contributed by atoms with van der Waals surface area (Å²) in [5, 5.41) is 2.94. The predicted octanol–water partition coefficient (Wildman–Crippen LogP) is 7.09. The molecule has 35 heavy (non-hydrogen) atoms. The Bertz CT molecular complexity index is 1100. The number of fused-ring (bicyclic) bond motifs is 1. The number of nitrogens with zero attached hydrogens (tertiary/aromatic N) is 2. The van der Waals surface area contributed by atoms with E-state index in [0.717, 1.165) is 31.1 Å². The minimum absolute atomic E-state index is 0.184. The van der Waals surface area contributed by atoms with Crippen LogP contribution in [0.3, 0.4) is 0 Å². The van der Waals surface area contributed by atoms with Crippen LogP contribution in [0.1, 0.15) is 43.4 Å². The fourth-order valence-electron chi connectivity index (χ4n) is 4.40. The average Bonchev–Trinajstić information content (AvgIpc) is 3.16. The van der Waals surface area contributed by atoms with E-state index in [1.807, 2.05) is 4.90 Å². The first-order valence-electron chi connectivity index (χ1n) is 11.4. The van der Waals surface area contributed by atoms with Gasteiger partial charge in [-0.05, 0) is 54.9 Å². The molecule has 2 aliphatic rings. The van der Waals surface area contributed by atoms with Crippen molar-refractivity contribution in [1.82, 2.24) is 10.3 Å². The molecule has 190 valence electrons. The van der Waals surface area contributed by atoms with Crippen molar-refractivity contribution in [2.45, 2.75) is 39.8 Å². The molecule has 2 unspecified atom stereocenters. The molecule has 2 atom stereocenters. The maximum atomic E-state index is 14.6. The molecule has 2 aromatic rings. The van der Waals surface area contributed by atoms with Crippen LogP contribution in [0.2, 0.25) is 0 Å². The van der Waals surface area contributed by atoms with E-state index in [2.05, 4.69) is 30.4 Å². The largest absolute Gasteiger partial charge is 0.389 e. The van der Waals surface area contributed by atoms with Gasteiger partial charge in [-0.25, -0.2) is 18.2 Å². The molecule has 4 rings (SSSR count). The number of pyridine rings is 1. The normalized spacial score (nSPS) is 20.6. The first kappa shape index (κ1) is 26.6. The van der Waals surface area contributed by atoms with Crippen molar-refractivity contribution in [3.05, 3.63) is 71.7 Å². The molecule has 1 aromatic heterocycles. The number of aryl methyl sites for hydroxylation is 1. The molecular formula is C26H29F6N3. The van der Waals surface area contributed by atoms with E-state index >= 15 is 0 Å². The molecule has 0 bridgehead atoms. The number of nitrogens with one attached hydrogen (secondary N) is 1. The van der Waals surface area contributed by atoms with Gasteiger partial charge in [0, 0.05) is 48.2 Å². The number of hydrogen-bond donors (Lipinski definition) is 1. The smallest absolute Gasteiger partial charge is 0.355 e. The zero-order chi connectivity index (χ0) is 26.1. The van der Waals surface area contributed by atoms with Gasteiger partial charge in [-0.15, -0.1) is 0 Å². The standard InChI is InChI=1S/C22H22F3N3.C4H7F3/c1-11-5-19(23)20(24)7-16(11)14(4)27-13(3)15-6-21(25)22(26-8-15)28-9-17-12(2)18(17)10-28;1-2-3-4(5,6)7/h5-8,12,17-18,27H,3-4,9-10H2,1-2H3;2-3H2,1H3. The summed E-state index contributed by atoms with van der Waals surface area (Å²) in [7, 11) is 0. The monoisotopic (exact) mass is 497 g/mol. The van der Waals surface area contributed by atoms with Gasteiger partial charge in [-0.1, -0.05) is 27.0 Å². The van der Waals surface area contributed by atoms with Crippen LogP contribution in [0.15, 0.2) is 37.6 Å². The van der Waals surface area contributed by atoms with Crippen molar-refractivity contribution in [3.8, 4) is 0 Å². The van der Waals surface area contributed by atoms with Gasteiger partial charge in [0.25, 0.3) is 0 Å². The summed E-state index contributed by atoms with van der Waals surface area (Å²) in [4.78, 5) is 6.29. The molecule has 0 radical (unpaired) electrons. The number of alkyl halides is 3. The van der Waals surface area contributed by atoms with Crippen molar-refractivity contribution < 1.29 is 26.3 Å². The van der Waals surface area contributed by atoms with Gasteiger partial charge in [0.2, 0.25) is 0 Å². The number of hydrogen-bond acceptors (Lipinski definition) is 3. The highest BCUT2D eigenvalue weighted by Crippen LogP contribution is 2.52. The van der Waals surface area contributed by atoms with Gasteiger partial charge in [-0.3, -0.25) is 0 Å². The van der Waals surface area contributed by atoms with E-state index in [4.69, 9.17) is 0 Å². The maximum Gasteiger partial charge on any atom is 0.389 e. The summed E-state index contributed by atoms with van der Waals surface area (Å²) in [6.07, 6.45) is -2.86. The van der Waals surface area contributed by atoms with Crippen molar-refractivity contribution in [3.63, 3.8) is 0 Å². The highest BCUT2D eigenvalue weighted by molar-refractivity contribution is 5.76. The number of aromatic nitrogens is 1. The fraction of sp³-hybridized carbons (Fsp3) is 0.423. The second-order valence-electron chi connectivity index (χ2n) is 9.15. The first-order valence-corrected chi connectivity index (χ1v) is 11.4. The summed E-state index contributed by atoms with van der Waals surface area (Å²) in [5.74, 6) is 0.136. The van der Waals surface area contributed by atoms with Crippen molar-refractivity contribution >= 4 is 17.2 Å². The van der Waals surface area contributed by atoms with E-state index in [-0.39, 0.29) is 6.42 Å². The van der Waals surface area contributed by atoms with E-state index in [1.165, 1.54) is 13.0 Å². The van der Waals surface area contributed by atoms with Crippen LogP contribution in [-0.4, -0.2) is 24.2 Å².